The molecule has 0 aliphatic carbocycles. The van der Waals surface area contributed by atoms with Gasteiger partial charge >= 0.3 is 23.9 Å². The van der Waals surface area contributed by atoms with Gasteiger partial charge in [-0.2, -0.15) is 0 Å². The topological polar surface area (TPSA) is 388 Å². The summed E-state index contributed by atoms with van der Waals surface area (Å²) in [5.74, 6) is -4.19. The van der Waals surface area contributed by atoms with Crippen LogP contribution in [-0.4, -0.2) is 105 Å². The van der Waals surface area contributed by atoms with E-state index in [1.54, 1.807) is 0 Å². The van der Waals surface area contributed by atoms with Crippen molar-refractivity contribution in [3.63, 3.8) is 0 Å². The molecular weight excluding hydrogens is 564 g/mol. The van der Waals surface area contributed by atoms with Crippen LogP contribution in [0.15, 0.2) is 9.98 Å². The quantitative estimate of drug-likeness (QED) is 0.0566. The second-order valence-electron chi connectivity index (χ2n) is 8.78. The molecule has 0 saturated carbocycles. The van der Waals surface area contributed by atoms with Gasteiger partial charge in [-0.1, -0.05) is 0 Å². The number of carboxylic acid groups (broad SMARTS) is 4. The van der Waals surface area contributed by atoms with Crippen molar-refractivity contribution in [1.29, 1.82) is 0 Å². The zero-order valence-corrected chi connectivity index (χ0v) is 23.0. The number of nitrogens with one attached hydrogen (secondary N) is 2. The largest absolute Gasteiger partial charge is 0.480 e. The smallest absolute Gasteiger partial charge is 0.326 e. The lowest BCUT2D eigenvalue weighted by atomic mass is 10.2. The Balaban J connectivity index is 0. The number of carboxylic acids is 4. The van der Waals surface area contributed by atoms with Crippen molar-refractivity contribution in [2.45, 2.75) is 75.5 Å². The SMILES string of the molecule is NC(N)=NCCC[C@H](N)C(=O)O.NC(N)=NCCC[C@H](N)C(=O)O.O=C1CCC(C(=O)O)N1.O=C1CCC(C(=O)O)N1. The summed E-state index contributed by atoms with van der Waals surface area (Å²) in [6, 6.07) is -2.92. The number of amides is 2. The summed E-state index contributed by atoms with van der Waals surface area (Å²) in [6.45, 7) is 0.840. The average molecular weight is 607 g/mol. The minimum atomic E-state index is -1.00. The van der Waals surface area contributed by atoms with Crippen molar-refractivity contribution < 1.29 is 49.2 Å². The summed E-state index contributed by atoms with van der Waals surface area (Å²) in [6.07, 6.45) is 3.45. The van der Waals surface area contributed by atoms with Crippen molar-refractivity contribution in [1.82, 2.24) is 10.6 Å². The Morgan fingerprint density at radius 1 is 0.690 bits per heavy atom. The molecule has 20 heteroatoms. The van der Waals surface area contributed by atoms with Gasteiger partial charge in [0.25, 0.3) is 0 Å². The molecule has 2 fully saturated rings. The van der Waals surface area contributed by atoms with E-state index >= 15 is 0 Å². The van der Waals surface area contributed by atoms with Gasteiger partial charge in [0.15, 0.2) is 11.9 Å². The van der Waals surface area contributed by atoms with E-state index in [9.17, 15) is 28.8 Å². The van der Waals surface area contributed by atoms with Crippen LogP contribution in [0, 0.1) is 0 Å². The Morgan fingerprint density at radius 3 is 1.17 bits per heavy atom. The van der Waals surface area contributed by atoms with Crippen LogP contribution in [0.3, 0.4) is 0 Å². The fraction of sp³-hybridized carbons (Fsp3) is 0.636. The molecule has 4 atom stereocenters. The van der Waals surface area contributed by atoms with Crippen LogP contribution in [-0.2, 0) is 28.8 Å². The second-order valence-corrected chi connectivity index (χ2v) is 8.78. The lowest BCUT2D eigenvalue weighted by Crippen LogP contribution is -2.32. The first-order valence-electron chi connectivity index (χ1n) is 12.6. The molecule has 0 bridgehead atoms. The maximum atomic E-state index is 10.4. The Kier molecular flexibility index (Phi) is 20.7. The molecule has 0 aromatic heterocycles. The molecule has 2 rings (SSSR count). The summed E-state index contributed by atoms with van der Waals surface area (Å²) < 4.78 is 0. The van der Waals surface area contributed by atoms with E-state index < -0.39 is 48.0 Å². The third-order valence-electron chi connectivity index (χ3n) is 5.16. The lowest BCUT2D eigenvalue weighted by molar-refractivity contribution is -0.140. The monoisotopic (exact) mass is 606 g/mol. The zero-order chi connectivity index (χ0) is 32.8. The molecule has 0 spiro atoms. The Labute approximate surface area is 240 Å². The number of hydrogen-bond donors (Lipinski definition) is 12. The van der Waals surface area contributed by atoms with Crippen molar-refractivity contribution in [2.75, 3.05) is 13.1 Å². The van der Waals surface area contributed by atoms with Gasteiger partial charge in [-0.25, -0.2) is 9.59 Å². The molecule has 240 valence electrons. The second kappa shape index (κ2) is 22.0. The van der Waals surface area contributed by atoms with Crippen LogP contribution in [0.25, 0.3) is 0 Å². The number of nitrogens with zero attached hydrogens (tertiary/aromatic N) is 2. The third kappa shape index (κ3) is 22.1. The van der Waals surface area contributed by atoms with Crippen LogP contribution in [0.4, 0.5) is 0 Å². The Morgan fingerprint density at radius 2 is 1.00 bits per heavy atom. The average Bonchev–Trinajstić information content (AvgIpc) is 3.53. The standard InChI is InChI=1S/2C6H14N4O2.2C5H7NO3/c2*7-4(5(11)12)2-1-3-10-6(8)9;2*7-4-2-1-3(6-4)5(8)9/h2*4H,1-3,7H2,(H,11,12)(H4,8,9,10);2*3H,1-2H2,(H,6,7)(H,8,9)/t2*4-;;/m00../s1. The summed E-state index contributed by atoms with van der Waals surface area (Å²) in [5, 5.41) is 38.0. The van der Waals surface area contributed by atoms with E-state index in [0.717, 1.165) is 0 Å². The number of rotatable bonds is 12. The number of guanidine groups is 2. The summed E-state index contributed by atoms with van der Waals surface area (Å²) in [4.78, 5) is 68.8. The third-order valence-corrected chi connectivity index (χ3v) is 5.16. The fourth-order valence-electron chi connectivity index (χ4n) is 2.88. The van der Waals surface area contributed by atoms with Crippen LogP contribution >= 0.6 is 0 Å². The van der Waals surface area contributed by atoms with Gasteiger partial charge in [0.2, 0.25) is 11.8 Å². The molecule has 2 aliphatic rings. The number of carbonyl (C=O) groups excluding carboxylic acids is 2. The Hall–Kier alpha value is -4.72. The molecule has 18 N–H and O–H groups in total. The predicted octanol–water partition coefficient (Wildman–Crippen LogP) is -4.40. The highest BCUT2D eigenvalue weighted by Gasteiger charge is 2.26. The molecule has 0 radical (unpaired) electrons. The minimum Gasteiger partial charge on any atom is -0.480 e. The zero-order valence-electron chi connectivity index (χ0n) is 23.0. The predicted molar refractivity (Wildman–Crippen MR) is 149 cm³/mol. The van der Waals surface area contributed by atoms with Crippen LogP contribution in [0.2, 0.25) is 0 Å². The molecule has 42 heavy (non-hydrogen) atoms. The molecule has 0 aromatic carbocycles. The molecule has 0 aromatic rings. The first-order valence-corrected chi connectivity index (χ1v) is 12.6. The van der Waals surface area contributed by atoms with E-state index in [0.29, 0.717) is 64.5 Å². The number of aliphatic imine (C=N–C) groups is 2. The molecule has 20 nitrogen and oxygen atoms in total. The van der Waals surface area contributed by atoms with Crippen molar-refractivity contribution in [2.24, 2.45) is 44.4 Å². The van der Waals surface area contributed by atoms with E-state index in [-0.39, 0.29) is 23.7 Å². The van der Waals surface area contributed by atoms with Crippen molar-refractivity contribution in [3.05, 3.63) is 0 Å². The fourth-order valence-corrected chi connectivity index (χ4v) is 2.88. The number of aliphatic carboxylic acids is 4. The number of carbonyl (C=O) groups is 6. The van der Waals surface area contributed by atoms with Gasteiger partial charge < -0.3 is 65.5 Å². The number of hydrogen-bond acceptors (Lipinski definition) is 10. The molecule has 2 unspecified atom stereocenters. The first kappa shape index (κ1) is 39.4. The van der Waals surface area contributed by atoms with Gasteiger partial charge in [0, 0.05) is 25.9 Å². The van der Waals surface area contributed by atoms with Crippen LogP contribution in [0.1, 0.15) is 51.4 Å². The summed E-state index contributed by atoms with van der Waals surface area (Å²) in [5.41, 5.74) is 30.6. The molecule has 2 aliphatic heterocycles. The van der Waals surface area contributed by atoms with E-state index in [1.807, 2.05) is 0 Å². The normalized spacial score (nSPS) is 18.0. The first-order chi connectivity index (χ1) is 19.5. The summed E-state index contributed by atoms with van der Waals surface area (Å²) >= 11 is 0. The molecule has 2 heterocycles. The maximum absolute atomic E-state index is 10.4. The van der Waals surface area contributed by atoms with Crippen molar-refractivity contribution >= 4 is 47.6 Å². The highest BCUT2D eigenvalue weighted by molar-refractivity contribution is 5.87. The highest BCUT2D eigenvalue weighted by Crippen LogP contribution is 2.06. The van der Waals surface area contributed by atoms with Gasteiger partial charge in [0.05, 0.1) is 0 Å². The molecule has 2 amide bonds. The van der Waals surface area contributed by atoms with Gasteiger partial charge in [0.1, 0.15) is 24.2 Å². The van der Waals surface area contributed by atoms with Gasteiger partial charge in [-0.3, -0.25) is 29.2 Å². The highest BCUT2D eigenvalue weighted by atomic mass is 16.4. The van der Waals surface area contributed by atoms with E-state index in [2.05, 4.69) is 20.6 Å². The van der Waals surface area contributed by atoms with Gasteiger partial charge in [-0.05, 0) is 38.5 Å². The van der Waals surface area contributed by atoms with Crippen molar-refractivity contribution in [3.8, 4) is 0 Å². The van der Waals surface area contributed by atoms with Crippen LogP contribution < -0.4 is 45.0 Å². The number of nitrogens with two attached hydrogens (primary N) is 6. The Bertz CT molecular complexity index is 892. The van der Waals surface area contributed by atoms with Gasteiger partial charge in [-0.15, -0.1) is 0 Å². The maximum Gasteiger partial charge on any atom is 0.326 e. The molecular formula is C22H42N10O10. The minimum absolute atomic E-state index is 0.0129. The van der Waals surface area contributed by atoms with E-state index in [1.165, 1.54) is 0 Å². The van der Waals surface area contributed by atoms with E-state index in [4.69, 9.17) is 54.8 Å². The summed E-state index contributed by atoms with van der Waals surface area (Å²) in [7, 11) is 0. The van der Waals surface area contributed by atoms with Crippen LogP contribution in [0.5, 0.6) is 0 Å². The lowest BCUT2D eigenvalue weighted by Gasteiger charge is -2.03. The molecule has 2 saturated heterocycles.